The van der Waals surface area contributed by atoms with Crippen LogP contribution in [0.4, 0.5) is 8.78 Å². The SMILES string of the molecule is O=C1c2c(O)c(=O)ccn2N([C@@H]2c3ccccc3-c3scnc3-c3c2ccc(F)c3F)[C@@H]2CC3(CCN12)COC3. The van der Waals surface area contributed by atoms with Gasteiger partial charge in [-0.05, 0) is 35.6 Å². The van der Waals surface area contributed by atoms with Crippen LogP contribution in [0.15, 0.2) is 59.0 Å². The Bertz CT molecular complexity index is 1800. The van der Waals surface area contributed by atoms with E-state index in [1.54, 1.807) is 16.5 Å². The van der Waals surface area contributed by atoms with Crippen LogP contribution >= 0.6 is 11.3 Å². The molecule has 2 saturated heterocycles. The number of hydrogen-bond acceptors (Lipinski definition) is 7. The van der Waals surface area contributed by atoms with Crippen LogP contribution in [0.25, 0.3) is 21.7 Å². The lowest BCUT2D eigenvalue weighted by atomic mass is 9.74. The number of nitrogens with zero attached hydrogens (tertiary/aromatic N) is 4. The van der Waals surface area contributed by atoms with Crippen molar-refractivity contribution >= 4 is 17.2 Å². The first-order valence-corrected chi connectivity index (χ1v) is 13.9. The number of aromatic nitrogens is 2. The minimum atomic E-state index is -0.997. The van der Waals surface area contributed by atoms with Crippen molar-refractivity contribution < 1.29 is 23.4 Å². The van der Waals surface area contributed by atoms with Gasteiger partial charge in [-0.2, -0.15) is 0 Å². The first kappa shape index (κ1) is 23.8. The lowest BCUT2D eigenvalue weighted by Gasteiger charge is -2.57. The third-order valence-corrected chi connectivity index (χ3v) is 9.60. The number of carbonyl (C=O) groups excluding carboxylic acids is 1. The van der Waals surface area contributed by atoms with Crippen molar-refractivity contribution in [3.05, 3.63) is 92.9 Å². The van der Waals surface area contributed by atoms with Gasteiger partial charge < -0.3 is 14.7 Å². The van der Waals surface area contributed by atoms with Gasteiger partial charge in [-0.25, -0.2) is 13.8 Å². The number of amides is 1. The highest BCUT2D eigenvalue weighted by atomic mass is 32.1. The van der Waals surface area contributed by atoms with Gasteiger partial charge in [-0.3, -0.25) is 19.3 Å². The van der Waals surface area contributed by atoms with Gasteiger partial charge in [0.25, 0.3) is 5.91 Å². The molecule has 2 atom stereocenters. The van der Waals surface area contributed by atoms with Crippen LogP contribution in [0.5, 0.6) is 5.75 Å². The molecule has 1 spiro atoms. The molecule has 1 aliphatic carbocycles. The third kappa shape index (κ3) is 3.04. The summed E-state index contributed by atoms with van der Waals surface area (Å²) in [5.41, 5.74) is 3.19. The van der Waals surface area contributed by atoms with E-state index in [1.807, 2.05) is 29.3 Å². The maximum absolute atomic E-state index is 15.8. The highest BCUT2D eigenvalue weighted by Crippen LogP contribution is 2.52. The number of ether oxygens (including phenoxy) is 1. The predicted molar refractivity (Wildman–Crippen MR) is 143 cm³/mol. The molecule has 202 valence electrons. The average molecular weight is 561 g/mol. The van der Waals surface area contributed by atoms with E-state index < -0.39 is 40.9 Å². The van der Waals surface area contributed by atoms with Crippen molar-refractivity contribution in [1.29, 1.82) is 0 Å². The molecule has 8 rings (SSSR count). The quantitative estimate of drug-likeness (QED) is 0.375. The summed E-state index contributed by atoms with van der Waals surface area (Å²) in [5.74, 6) is -3.07. The topological polar surface area (TPSA) is 87.9 Å². The van der Waals surface area contributed by atoms with Crippen molar-refractivity contribution in [2.24, 2.45) is 5.41 Å². The van der Waals surface area contributed by atoms with Gasteiger partial charge in [-0.1, -0.05) is 30.3 Å². The maximum Gasteiger partial charge on any atom is 0.278 e. The Morgan fingerprint density at radius 1 is 1.07 bits per heavy atom. The number of piperidine rings is 1. The number of benzene rings is 2. The Kier molecular flexibility index (Phi) is 4.88. The molecule has 1 N–H and O–H groups in total. The molecule has 0 unspecified atom stereocenters. The lowest BCUT2D eigenvalue weighted by molar-refractivity contribution is -0.150. The van der Waals surface area contributed by atoms with Crippen molar-refractivity contribution in [3.63, 3.8) is 0 Å². The van der Waals surface area contributed by atoms with Gasteiger partial charge in [-0.15, -0.1) is 11.3 Å². The number of halogens is 2. The summed E-state index contributed by atoms with van der Waals surface area (Å²) in [6.45, 7) is 1.54. The van der Waals surface area contributed by atoms with Crippen LogP contribution in [0, 0.1) is 17.0 Å². The lowest BCUT2D eigenvalue weighted by Crippen LogP contribution is -2.68. The van der Waals surface area contributed by atoms with E-state index in [0.717, 1.165) is 23.6 Å². The van der Waals surface area contributed by atoms with Gasteiger partial charge >= 0.3 is 0 Å². The zero-order valence-electron chi connectivity index (χ0n) is 21.0. The normalized spacial score (nSPS) is 22.0. The molecule has 2 fully saturated rings. The van der Waals surface area contributed by atoms with Crippen LogP contribution in [0.1, 0.15) is 40.5 Å². The van der Waals surface area contributed by atoms with Crippen LogP contribution in [0.2, 0.25) is 0 Å². The first-order chi connectivity index (χ1) is 19.4. The molecule has 5 heterocycles. The minimum absolute atomic E-state index is 0.0604. The van der Waals surface area contributed by atoms with Gasteiger partial charge in [0.1, 0.15) is 6.17 Å². The molecule has 11 heteroatoms. The minimum Gasteiger partial charge on any atom is -0.502 e. The van der Waals surface area contributed by atoms with E-state index in [4.69, 9.17) is 4.74 Å². The van der Waals surface area contributed by atoms with Crippen LogP contribution < -0.4 is 10.4 Å². The smallest absolute Gasteiger partial charge is 0.278 e. The summed E-state index contributed by atoms with van der Waals surface area (Å²) >= 11 is 1.35. The summed E-state index contributed by atoms with van der Waals surface area (Å²) in [6.07, 6.45) is 2.26. The molecule has 4 aliphatic rings. The molecule has 40 heavy (non-hydrogen) atoms. The van der Waals surface area contributed by atoms with Gasteiger partial charge in [0.05, 0.1) is 35.3 Å². The standard InChI is InChI=1S/C29H22F2N4O4S/c30-18-6-5-17-21(22(18)31)23-27(40-14-32-23)16-4-2-1-3-15(16)24(17)35-20-11-29(12-39-13-29)8-10-33(20)28(38)25-26(37)19(36)7-9-34(25)35/h1-7,9,14,20,24,37H,8,10-13H2/t20-,24-/m1/s1. The molecule has 8 nitrogen and oxygen atoms in total. The zero-order valence-corrected chi connectivity index (χ0v) is 21.8. The summed E-state index contributed by atoms with van der Waals surface area (Å²) < 4.78 is 37.7. The third-order valence-electron chi connectivity index (χ3n) is 8.74. The molecule has 0 radical (unpaired) electrons. The van der Waals surface area contributed by atoms with E-state index in [0.29, 0.717) is 42.3 Å². The Morgan fingerprint density at radius 3 is 2.70 bits per heavy atom. The van der Waals surface area contributed by atoms with Crippen molar-refractivity contribution in [3.8, 4) is 27.4 Å². The highest BCUT2D eigenvalue weighted by Gasteiger charge is 2.53. The van der Waals surface area contributed by atoms with Crippen LogP contribution in [-0.2, 0) is 4.74 Å². The summed E-state index contributed by atoms with van der Waals surface area (Å²) in [5, 5.41) is 12.8. The van der Waals surface area contributed by atoms with E-state index >= 15 is 4.39 Å². The number of pyridine rings is 1. The molecule has 0 saturated carbocycles. The van der Waals surface area contributed by atoms with Gasteiger partial charge in [0.2, 0.25) is 5.43 Å². The van der Waals surface area contributed by atoms with Crippen molar-refractivity contribution in [1.82, 2.24) is 14.6 Å². The van der Waals surface area contributed by atoms with E-state index in [2.05, 4.69) is 4.98 Å². The molecule has 2 aromatic heterocycles. The molecule has 1 amide bonds. The number of fused-ring (bicyclic) bond motifs is 7. The van der Waals surface area contributed by atoms with Crippen LogP contribution in [-0.4, -0.2) is 51.5 Å². The Morgan fingerprint density at radius 2 is 1.90 bits per heavy atom. The zero-order chi connectivity index (χ0) is 27.3. The fourth-order valence-electron chi connectivity index (χ4n) is 6.76. The highest BCUT2D eigenvalue weighted by molar-refractivity contribution is 7.13. The molecule has 2 aromatic carbocycles. The summed E-state index contributed by atoms with van der Waals surface area (Å²) in [4.78, 5) is 33.2. The van der Waals surface area contributed by atoms with E-state index in [9.17, 15) is 19.1 Å². The predicted octanol–water partition coefficient (Wildman–Crippen LogP) is 4.26. The summed E-state index contributed by atoms with van der Waals surface area (Å²) in [7, 11) is 0. The second-order valence-electron chi connectivity index (χ2n) is 10.9. The molecular formula is C29H22F2N4O4S. The summed E-state index contributed by atoms with van der Waals surface area (Å²) in [6, 6.07) is 10.8. The maximum atomic E-state index is 15.8. The van der Waals surface area contributed by atoms with E-state index in [1.165, 1.54) is 28.3 Å². The molecule has 0 bridgehead atoms. The average Bonchev–Trinajstić information content (AvgIpc) is 3.38. The second kappa shape index (κ2) is 8.21. The Balaban J connectivity index is 1.46. The Hall–Kier alpha value is -4.09. The number of carbonyl (C=O) groups is 1. The van der Waals surface area contributed by atoms with E-state index in [-0.39, 0.29) is 16.7 Å². The van der Waals surface area contributed by atoms with Crippen LogP contribution in [0.3, 0.4) is 0 Å². The Labute approximate surface area is 230 Å². The largest absolute Gasteiger partial charge is 0.502 e. The number of hydrogen-bond donors (Lipinski definition) is 1. The van der Waals surface area contributed by atoms with Crippen molar-refractivity contribution in [2.45, 2.75) is 25.0 Å². The second-order valence-corrected chi connectivity index (χ2v) is 11.7. The van der Waals surface area contributed by atoms with Gasteiger partial charge in [0.15, 0.2) is 23.1 Å². The molecular weight excluding hydrogens is 538 g/mol. The molecule has 4 aromatic rings. The fourth-order valence-corrected chi connectivity index (χ4v) is 7.60. The fraction of sp³-hybridized carbons (Fsp3) is 0.276. The first-order valence-electron chi connectivity index (χ1n) is 13.0. The number of rotatable bonds is 1. The monoisotopic (exact) mass is 560 g/mol. The number of thiazole rings is 1. The van der Waals surface area contributed by atoms with Gasteiger partial charge in [0, 0.05) is 29.8 Å². The molecule has 3 aliphatic heterocycles. The van der Waals surface area contributed by atoms with Crippen molar-refractivity contribution in [2.75, 3.05) is 24.8 Å². The number of aromatic hydroxyl groups is 1.